The molecule has 2 aromatic rings. The van der Waals surface area contributed by atoms with Gasteiger partial charge in [0, 0.05) is 10.7 Å². The largest absolute Gasteiger partial charge is 0.452 e. The summed E-state index contributed by atoms with van der Waals surface area (Å²) in [6.45, 7) is 1.85. The van der Waals surface area contributed by atoms with Gasteiger partial charge < -0.3 is 9.73 Å². The number of carbonyl (C=O) groups is 1. The highest BCUT2D eigenvalue weighted by atomic mass is 79.9. The fourth-order valence-corrected chi connectivity index (χ4v) is 1.95. The first-order valence-corrected chi connectivity index (χ1v) is 5.91. The Morgan fingerprint density at radius 1 is 1.59 bits per heavy atom. The van der Waals surface area contributed by atoms with Crippen LogP contribution in [0.2, 0.25) is 5.22 Å². The molecule has 0 bridgehead atoms. The summed E-state index contributed by atoms with van der Waals surface area (Å²) >= 11 is 9.01. The summed E-state index contributed by atoms with van der Waals surface area (Å²) < 4.78 is 5.71. The molecule has 88 valence electrons. The Labute approximate surface area is 111 Å². The lowest BCUT2D eigenvalue weighted by Crippen LogP contribution is -2.13. The minimum Gasteiger partial charge on any atom is -0.452 e. The summed E-state index contributed by atoms with van der Waals surface area (Å²) in [5.41, 5.74) is 1.14. The lowest BCUT2D eigenvalue weighted by Gasteiger charge is -2.06. The van der Waals surface area contributed by atoms with Gasteiger partial charge in [-0.15, -0.1) is 0 Å². The van der Waals surface area contributed by atoms with Crippen molar-refractivity contribution in [2.45, 2.75) is 6.92 Å². The van der Waals surface area contributed by atoms with Crippen molar-refractivity contribution < 1.29 is 9.21 Å². The fourth-order valence-electron chi connectivity index (χ4n) is 1.30. The molecule has 0 aromatic carbocycles. The Balaban J connectivity index is 2.22. The number of rotatable bonds is 2. The lowest BCUT2D eigenvalue weighted by atomic mass is 10.2. The molecule has 17 heavy (non-hydrogen) atoms. The van der Waals surface area contributed by atoms with Gasteiger partial charge in [0.2, 0.25) is 5.22 Å². The SMILES string of the molecule is Cc1cc(Br)cnc1NC(=O)c1ccoc1Cl. The van der Waals surface area contributed by atoms with Crippen LogP contribution in [0.5, 0.6) is 0 Å². The van der Waals surface area contributed by atoms with Crippen molar-refractivity contribution in [3.63, 3.8) is 0 Å². The van der Waals surface area contributed by atoms with E-state index in [0.717, 1.165) is 10.0 Å². The molecule has 0 saturated heterocycles. The van der Waals surface area contributed by atoms with Crippen molar-refractivity contribution in [3.8, 4) is 0 Å². The van der Waals surface area contributed by atoms with Gasteiger partial charge in [-0.3, -0.25) is 4.79 Å². The second-order valence-electron chi connectivity index (χ2n) is 3.38. The summed E-state index contributed by atoms with van der Waals surface area (Å²) in [7, 11) is 0. The molecule has 0 fully saturated rings. The molecule has 2 aromatic heterocycles. The molecule has 0 aliphatic carbocycles. The van der Waals surface area contributed by atoms with E-state index in [9.17, 15) is 4.79 Å². The van der Waals surface area contributed by atoms with Crippen LogP contribution in [0.25, 0.3) is 0 Å². The maximum atomic E-state index is 11.8. The van der Waals surface area contributed by atoms with Crippen molar-refractivity contribution in [3.05, 3.63) is 45.4 Å². The predicted molar refractivity (Wildman–Crippen MR) is 68.3 cm³/mol. The highest BCUT2D eigenvalue weighted by Gasteiger charge is 2.14. The van der Waals surface area contributed by atoms with Crippen molar-refractivity contribution in [2.24, 2.45) is 0 Å². The number of anilines is 1. The summed E-state index contributed by atoms with van der Waals surface area (Å²) in [6.07, 6.45) is 2.97. The van der Waals surface area contributed by atoms with Crippen LogP contribution in [0.4, 0.5) is 5.82 Å². The Hall–Kier alpha value is -1.33. The van der Waals surface area contributed by atoms with Crippen molar-refractivity contribution in [1.82, 2.24) is 4.98 Å². The van der Waals surface area contributed by atoms with Gasteiger partial charge in [0.05, 0.1) is 11.8 Å². The van der Waals surface area contributed by atoms with Crippen molar-refractivity contribution >= 4 is 39.3 Å². The number of nitrogens with zero attached hydrogens (tertiary/aromatic N) is 1. The molecule has 1 amide bonds. The summed E-state index contributed by atoms with van der Waals surface area (Å²) in [6, 6.07) is 3.37. The molecule has 0 unspecified atom stereocenters. The molecule has 2 rings (SSSR count). The van der Waals surface area contributed by atoms with E-state index in [1.54, 1.807) is 6.20 Å². The van der Waals surface area contributed by atoms with Gasteiger partial charge in [-0.2, -0.15) is 0 Å². The van der Waals surface area contributed by atoms with Gasteiger partial charge in [0.25, 0.3) is 5.91 Å². The average Bonchev–Trinajstić information content (AvgIpc) is 2.68. The summed E-state index contributed by atoms with van der Waals surface area (Å²) in [5, 5.41) is 2.73. The Bertz CT molecular complexity index is 568. The van der Waals surface area contributed by atoms with Crippen LogP contribution in [0.1, 0.15) is 15.9 Å². The number of hydrogen-bond acceptors (Lipinski definition) is 3. The van der Waals surface area contributed by atoms with E-state index in [1.165, 1.54) is 12.3 Å². The predicted octanol–water partition coefficient (Wildman–Crippen LogP) is 3.65. The van der Waals surface area contributed by atoms with E-state index in [4.69, 9.17) is 16.0 Å². The molecular formula is C11H8BrClN2O2. The van der Waals surface area contributed by atoms with Gasteiger partial charge in [-0.05, 0) is 52.2 Å². The first kappa shape index (κ1) is 12.1. The molecule has 0 aliphatic rings. The quantitative estimate of drug-likeness (QED) is 0.920. The maximum Gasteiger partial charge on any atom is 0.261 e. The van der Waals surface area contributed by atoms with E-state index in [-0.39, 0.29) is 16.7 Å². The van der Waals surface area contributed by atoms with Gasteiger partial charge in [-0.1, -0.05) is 0 Å². The Kier molecular flexibility index (Phi) is 3.49. The van der Waals surface area contributed by atoms with Gasteiger partial charge in [0.1, 0.15) is 5.82 Å². The number of carbonyl (C=O) groups excluding carboxylic acids is 1. The van der Waals surface area contributed by atoms with Crippen molar-refractivity contribution in [1.29, 1.82) is 0 Å². The first-order valence-electron chi connectivity index (χ1n) is 4.74. The molecule has 0 spiro atoms. The monoisotopic (exact) mass is 314 g/mol. The fraction of sp³-hybridized carbons (Fsp3) is 0.0909. The Morgan fingerprint density at radius 2 is 2.35 bits per heavy atom. The van der Waals surface area contributed by atoms with E-state index in [2.05, 4.69) is 26.2 Å². The third kappa shape index (κ3) is 2.68. The lowest BCUT2D eigenvalue weighted by molar-refractivity contribution is 0.102. The van der Waals surface area contributed by atoms with E-state index in [1.807, 2.05) is 13.0 Å². The third-order valence-corrected chi connectivity index (χ3v) is 2.87. The molecular weight excluding hydrogens is 307 g/mol. The second-order valence-corrected chi connectivity index (χ2v) is 4.64. The zero-order valence-electron chi connectivity index (χ0n) is 8.83. The maximum absolute atomic E-state index is 11.8. The number of pyridine rings is 1. The number of furan rings is 1. The highest BCUT2D eigenvalue weighted by molar-refractivity contribution is 9.10. The van der Waals surface area contributed by atoms with Gasteiger partial charge >= 0.3 is 0 Å². The van der Waals surface area contributed by atoms with Crippen LogP contribution in [-0.4, -0.2) is 10.9 Å². The molecule has 1 N–H and O–H groups in total. The van der Waals surface area contributed by atoms with Crippen LogP contribution in [-0.2, 0) is 0 Å². The van der Waals surface area contributed by atoms with E-state index < -0.39 is 0 Å². The second kappa shape index (κ2) is 4.89. The number of halogens is 2. The summed E-state index contributed by atoms with van der Waals surface area (Å²) in [4.78, 5) is 15.9. The van der Waals surface area contributed by atoms with Crippen LogP contribution in [0.3, 0.4) is 0 Å². The normalized spacial score (nSPS) is 10.3. The zero-order chi connectivity index (χ0) is 12.4. The number of nitrogens with one attached hydrogen (secondary N) is 1. The first-order chi connectivity index (χ1) is 8.08. The molecule has 0 saturated carbocycles. The van der Waals surface area contributed by atoms with E-state index in [0.29, 0.717) is 5.82 Å². The smallest absolute Gasteiger partial charge is 0.261 e. The number of aromatic nitrogens is 1. The van der Waals surface area contributed by atoms with Gasteiger partial charge in [0.15, 0.2) is 0 Å². The molecule has 0 aliphatic heterocycles. The van der Waals surface area contributed by atoms with Crippen LogP contribution >= 0.6 is 27.5 Å². The van der Waals surface area contributed by atoms with E-state index >= 15 is 0 Å². The molecule has 2 heterocycles. The van der Waals surface area contributed by atoms with Crippen molar-refractivity contribution in [2.75, 3.05) is 5.32 Å². The van der Waals surface area contributed by atoms with Crippen LogP contribution < -0.4 is 5.32 Å². The molecule has 0 radical (unpaired) electrons. The minimum atomic E-state index is -0.346. The number of hydrogen-bond donors (Lipinski definition) is 1. The van der Waals surface area contributed by atoms with Crippen LogP contribution in [0.15, 0.2) is 33.5 Å². The Morgan fingerprint density at radius 3 is 2.94 bits per heavy atom. The van der Waals surface area contributed by atoms with Gasteiger partial charge in [-0.25, -0.2) is 4.98 Å². The standard InChI is InChI=1S/C11H8BrClN2O2/c1-6-4-7(12)5-14-10(6)15-11(16)8-2-3-17-9(8)13/h2-5H,1H3,(H,14,15,16). The number of amides is 1. The molecule has 6 heteroatoms. The zero-order valence-corrected chi connectivity index (χ0v) is 11.2. The highest BCUT2D eigenvalue weighted by Crippen LogP contribution is 2.20. The van der Waals surface area contributed by atoms with Crippen LogP contribution in [0, 0.1) is 6.92 Å². The minimum absolute atomic E-state index is 0.0669. The number of aryl methyl sites for hydroxylation is 1. The molecule has 0 atom stereocenters. The topological polar surface area (TPSA) is 55.1 Å². The molecule has 4 nitrogen and oxygen atoms in total. The average molecular weight is 316 g/mol. The summed E-state index contributed by atoms with van der Waals surface area (Å²) in [5.74, 6) is 0.150. The third-order valence-electron chi connectivity index (χ3n) is 2.14.